The minimum absolute atomic E-state index is 0.0616. The molecule has 0 spiro atoms. The first-order valence-electron chi connectivity index (χ1n) is 14.3. The molecule has 1 aliphatic carbocycles. The third kappa shape index (κ3) is 5.05. The van der Waals surface area contributed by atoms with Crippen LogP contribution in [0.25, 0.3) is 11.0 Å². The molecule has 0 unspecified atom stereocenters. The largest absolute Gasteiger partial charge is 0.454 e. The molecular weight excluding hydrogens is 520 g/mol. The number of fused-ring (bicyclic) bond motifs is 2. The lowest BCUT2D eigenvalue weighted by Gasteiger charge is -2.43. The Bertz CT molecular complexity index is 1590. The predicted molar refractivity (Wildman–Crippen MR) is 154 cm³/mol. The van der Waals surface area contributed by atoms with Crippen LogP contribution in [0, 0.1) is 28.6 Å². The van der Waals surface area contributed by atoms with Gasteiger partial charge in [0, 0.05) is 51.1 Å². The smallest absolute Gasteiger partial charge is 0.270 e. The second kappa shape index (κ2) is 11.3. The Morgan fingerprint density at radius 3 is 2.54 bits per heavy atom. The third-order valence-electron chi connectivity index (χ3n) is 8.85. The van der Waals surface area contributed by atoms with Crippen molar-refractivity contribution in [3.8, 4) is 23.6 Å². The highest BCUT2D eigenvalue weighted by Crippen LogP contribution is 2.39. The molecule has 10 heteroatoms. The molecule has 3 aromatic rings. The van der Waals surface area contributed by atoms with Crippen molar-refractivity contribution in [2.75, 3.05) is 43.4 Å². The number of nitrogens with zero attached hydrogens (tertiary/aromatic N) is 6. The van der Waals surface area contributed by atoms with Gasteiger partial charge in [-0.15, -0.1) is 0 Å². The molecule has 0 amide bonds. The Labute approximate surface area is 239 Å². The van der Waals surface area contributed by atoms with E-state index in [0.717, 1.165) is 75.5 Å². The van der Waals surface area contributed by atoms with Crippen molar-refractivity contribution >= 4 is 22.4 Å². The van der Waals surface area contributed by atoms with Crippen LogP contribution in [0.5, 0.6) is 11.5 Å². The van der Waals surface area contributed by atoms with Crippen LogP contribution in [-0.2, 0) is 11.8 Å². The van der Waals surface area contributed by atoms with E-state index < -0.39 is 0 Å². The minimum atomic E-state index is -0.356. The molecule has 0 radical (unpaired) electrons. The van der Waals surface area contributed by atoms with Gasteiger partial charge in [-0.2, -0.15) is 10.5 Å². The molecule has 1 aromatic carbocycles. The molecule has 1 saturated heterocycles. The molecule has 0 N–H and O–H groups in total. The first kappa shape index (κ1) is 26.9. The van der Waals surface area contributed by atoms with Gasteiger partial charge in [0.1, 0.15) is 28.9 Å². The maximum Gasteiger partial charge on any atom is 0.270 e. The van der Waals surface area contributed by atoms with Gasteiger partial charge in [0.25, 0.3) is 5.56 Å². The Balaban J connectivity index is 1.27. The highest BCUT2D eigenvalue weighted by Gasteiger charge is 2.33. The van der Waals surface area contributed by atoms with E-state index >= 15 is 0 Å². The molecule has 2 aromatic heterocycles. The number of hydrogen-bond acceptors (Lipinski definition) is 9. The Morgan fingerprint density at radius 2 is 1.80 bits per heavy atom. The SMILES string of the molecule is CN(c1c(C#N)c(=O)n(C)c2ccc(C#N)nc12)C1CCC(N(C[C@H]2CCCOC2)c2ccc3c(c2)OCO3)CC1. The number of rotatable bonds is 6. The van der Waals surface area contributed by atoms with E-state index in [-0.39, 0.29) is 29.7 Å². The Morgan fingerprint density at radius 1 is 1.02 bits per heavy atom. The number of pyridine rings is 2. The van der Waals surface area contributed by atoms with Crippen LogP contribution in [0.2, 0.25) is 0 Å². The summed E-state index contributed by atoms with van der Waals surface area (Å²) in [6.45, 7) is 2.79. The van der Waals surface area contributed by atoms with Gasteiger partial charge in [0.15, 0.2) is 11.5 Å². The number of anilines is 2. The first-order valence-corrected chi connectivity index (χ1v) is 14.3. The molecule has 212 valence electrons. The van der Waals surface area contributed by atoms with Crippen LogP contribution in [0.4, 0.5) is 11.4 Å². The molecule has 6 rings (SSSR count). The number of aryl methyl sites for hydroxylation is 1. The normalized spacial score (nSPS) is 21.7. The highest BCUT2D eigenvalue weighted by molar-refractivity contribution is 5.92. The van der Waals surface area contributed by atoms with Gasteiger partial charge in [0.05, 0.1) is 17.8 Å². The van der Waals surface area contributed by atoms with Crippen LogP contribution < -0.4 is 24.8 Å². The summed E-state index contributed by atoms with van der Waals surface area (Å²) in [6.07, 6.45) is 5.94. The first-order chi connectivity index (χ1) is 20.0. The Kier molecular flexibility index (Phi) is 7.42. The van der Waals surface area contributed by atoms with Gasteiger partial charge >= 0.3 is 0 Å². The topological polar surface area (TPSA) is 117 Å². The lowest BCUT2D eigenvalue weighted by atomic mass is 9.87. The van der Waals surface area contributed by atoms with E-state index in [1.165, 1.54) is 4.57 Å². The van der Waals surface area contributed by atoms with E-state index in [4.69, 9.17) is 14.2 Å². The standard InChI is InChI=1S/C31H34N6O4/c1-35(30-25(16-33)31(38)36(2)26-11-5-21(15-32)34-29(26)30)22-6-8-23(9-7-22)37(17-20-4-3-13-39-18-20)24-10-12-27-28(14-24)41-19-40-27/h5,10-12,14,20,22-23H,3-4,6-9,13,17-19H2,1-2H3/t20-,22?,23?/m1/s1. The molecule has 2 aliphatic heterocycles. The molecule has 41 heavy (non-hydrogen) atoms. The predicted octanol–water partition coefficient (Wildman–Crippen LogP) is 4.09. The zero-order valence-electron chi connectivity index (χ0n) is 23.5. The summed E-state index contributed by atoms with van der Waals surface area (Å²) in [7, 11) is 3.58. The van der Waals surface area contributed by atoms with Crippen molar-refractivity contribution in [2.24, 2.45) is 13.0 Å². The van der Waals surface area contributed by atoms with Crippen LogP contribution in [0.3, 0.4) is 0 Å². The van der Waals surface area contributed by atoms with E-state index in [2.05, 4.69) is 34.2 Å². The van der Waals surface area contributed by atoms with Crippen molar-refractivity contribution in [2.45, 2.75) is 50.6 Å². The second-order valence-electron chi connectivity index (χ2n) is 11.2. The van der Waals surface area contributed by atoms with Crippen molar-refractivity contribution in [3.05, 3.63) is 51.9 Å². The molecule has 10 nitrogen and oxygen atoms in total. The summed E-state index contributed by atoms with van der Waals surface area (Å²) in [4.78, 5) is 22.2. The summed E-state index contributed by atoms with van der Waals surface area (Å²) in [5.74, 6) is 2.04. The van der Waals surface area contributed by atoms with E-state index in [0.29, 0.717) is 28.7 Å². The van der Waals surface area contributed by atoms with Crippen LogP contribution in [-0.4, -0.2) is 55.2 Å². The Hall–Kier alpha value is -4.28. The highest BCUT2D eigenvalue weighted by atomic mass is 16.7. The van der Waals surface area contributed by atoms with Crippen LogP contribution in [0.1, 0.15) is 49.8 Å². The maximum atomic E-state index is 13.1. The van der Waals surface area contributed by atoms with Gasteiger partial charge in [-0.3, -0.25) is 4.79 Å². The zero-order valence-corrected chi connectivity index (χ0v) is 23.5. The molecule has 2 fully saturated rings. The van der Waals surface area contributed by atoms with Crippen molar-refractivity contribution in [1.29, 1.82) is 10.5 Å². The quantitative estimate of drug-likeness (QED) is 0.444. The number of benzene rings is 1. The number of hydrogen-bond donors (Lipinski definition) is 0. The summed E-state index contributed by atoms with van der Waals surface area (Å²) in [5, 5.41) is 19.5. The average Bonchev–Trinajstić information content (AvgIpc) is 3.49. The molecular formula is C31H34N6O4. The van der Waals surface area contributed by atoms with Crippen LogP contribution >= 0.6 is 0 Å². The second-order valence-corrected chi connectivity index (χ2v) is 11.2. The fourth-order valence-corrected chi connectivity index (χ4v) is 6.60. The van der Waals surface area contributed by atoms with Crippen LogP contribution in [0.15, 0.2) is 35.1 Å². The molecule has 1 saturated carbocycles. The summed E-state index contributed by atoms with van der Waals surface area (Å²) >= 11 is 0. The van der Waals surface area contributed by atoms with E-state index in [1.807, 2.05) is 18.0 Å². The number of aromatic nitrogens is 2. The van der Waals surface area contributed by atoms with Gasteiger partial charge in [0.2, 0.25) is 6.79 Å². The number of nitriles is 2. The van der Waals surface area contributed by atoms with Gasteiger partial charge in [-0.05, 0) is 68.7 Å². The summed E-state index contributed by atoms with van der Waals surface area (Å²) < 4.78 is 18.5. The molecule has 4 heterocycles. The van der Waals surface area contributed by atoms with E-state index in [1.54, 1.807) is 19.2 Å². The number of ether oxygens (including phenoxy) is 3. The van der Waals surface area contributed by atoms with E-state index in [9.17, 15) is 15.3 Å². The summed E-state index contributed by atoms with van der Waals surface area (Å²) in [6, 6.07) is 14.2. The monoisotopic (exact) mass is 554 g/mol. The van der Waals surface area contributed by atoms with Crippen molar-refractivity contribution in [3.63, 3.8) is 0 Å². The fourth-order valence-electron chi connectivity index (χ4n) is 6.60. The van der Waals surface area contributed by atoms with Crippen molar-refractivity contribution in [1.82, 2.24) is 9.55 Å². The van der Waals surface area contributed by atoms with Gasteiger partial charge in [-0.25, -0.2) is 4.98 Å². The maximum absolute atomic E-state index is 13.1. The van der Waals surface area contributed by atoms with Gasteiger partial charge < -0.3 is 28.6 Å². The summed E-state index contributed by atoms with van der Waals surface area (Å²) in [5.41, 5.74) is 2.72. The minimum Gasteiger partial charge on any atom is -0.454 e. The lowest BCUT2D eigenvalue weighted by Crippen LogP contribution is -2.46. The van der Waals surface area contributed by atoms with Gasteiger partial charge in [-0.1, -0.05) is 0 Å². The third-order valence-corrected chi connectivity index (χ3v) is 8.85. The average molecular weight is 555 g/mol. The molecule has 3 aliphatic rings. The zero-order chi connectivity index (χ0) is 28.5. The molecule has 0 bridgehead atoms. The lowest BCUT2D eigenvalue weighted by molar-refractivity contribution is 0.0562. The van der Waals surface area contributed by atoms with Crippen molar-refractivity contribution < 1.29 is 14.2 Å². The fraction of sp³-hybridized carbons (Fsp3) is 0.484. The molecule has 1 atom stereocenters.